The number of halogens is 2. The Morgan fingerprint density at radius 1 is 1.71 bits per heavy atom. The Morgan fingerprint density at radius 2 is 2.14 bits per heavy atom. The molecule has 0 aliphatic heterocycles. The summed E-state index contributed by atoms with van der Waals surface area (Å²) in [5.41, 5.74) is 0. The van der Waals surface area contributed by atoms with Crippen molar-refractivity contribution < 1.29 is 13.9 Å². The van der Waals surface area contributed by atoms with Crippen molar-refractivity contribution >= 4 is 0 Å². The van der Waals surface area contributed by atoms with Crippen molar-refractivity contribution in [3.63, 3.8) is 0 Å². The number of hydrogen-bond donors (Lipinski definition) is 1. The molecule has 1 N–H and O–H groups in total. The lowest BCUT2D eigenvalue weighted by Crippen LogP contribution is -2.17. The molecule has 0 bridgehead atoms. The average Bonchev–Trinajstić information content (AvgIpc) is 1.68. The highest BCUT2D eigenvalue weighted by Gasteiger charge is 2.25. The first-order valence-corrected chi connectivity index (χ1v) is 1.52. The SMILES string of the molecule is N#CC(F)(F)CO. The molecule has 0 atom stereocenters. The van der Waals surface area contributed by atoms with Crippen molar-refractivity contribution in [2.75, 3.05) is 6.61 Å². The third-order valence-corrected chi connectivity index (χ3v) is 0.362. The molecule has 0 fully saturated rings. The minimum Gasteiger partial charge on any atom is -0.389 e. The zero-order valence-corrected chi connectivity index (χ0v) is 3.36. The van der Waals surface area contributed by atoms with E-state index in [9.17, 15) is 8.78 Å². The van der Waals surface area contributed by atoms with Crippen LogP contribution in [0.25, 0.3) is 0 Å². The number of nitriles is 1. The summed E-state index contributed by atoms with van der Waals surface area (Å²) in [6.45, 7) is -1.40. The number of aliphatic hydroxyl groups is 1. The molecule has 2 nitrogen and oxygen atoms in total. The van der Waals surface area contributed by atoms with Crippen LogP contribution in [-0.4, -0.2) is 17.6 Å². The van der Waals surface area contributed by atoms with Gasteiger partial charge in [-0.3, -0.25) is 0 Å². The summed E-state index contributed by atoms with van der Waals surface area (Å²) in [5, 5.41) is 15.1. The van der Waals surface area contributed by atoms with E-state index in [1.54, 1.807) is 0 Å². The summed E-state index contributed by atoms with van der Waals surface area (Å²) in [6.07, 6.45) is 0. The molecule has 0 aromatic heterocycles. The number of rotatable bonds is 1. The maximum Gasteiger partial charge on any atom is 0.354 e. The summed E-state index contributed by atoms with van der Waals surface area (Å²) in [6, 6.07) is 0.608. The zero-order chi connectivity index (χ0) is 5.91. The molecule has 0 spiro atoms. The van der Waals surface area contributed by atoms with Crippen molar-refractivity contribution in [1.29, 1.82) is 5.26 Å². The molecule has 0 saturated heterocycles. The van der Waals surface area contributed by atoms with Crippen molar-refractivity contribution in [3.8, 4) is 6.07 Å². The third-order valence-electron chi connectivity index (χ3n) is 0.362. The molecule has 0 saturated carbocycles. The van der Waals surface area contributed by atoms with Crippen molar-refractivity contribution in [3.05, 3.63) is 0 Å². The van der Waals surface area contributed by atoms with Gasteiger partial charge in [-0.15, -0.1) is 0 Å². The molecule has 7 heavy (non-hydrogen) atoms. The topological polar surface area (TPSA) is 44.0 Å². The molecule has 0 unspecified atom stereocenters. The lowest BCUT2D eigenvalue weighted by atomic mass is 10.4. The Hall–Kier alpha value is -0.690. The highest BCUT2D eigenvalue weighted by Crippen LogP contribution is 2.07. The van der Waals surface area contributed by atoms with Gasteiger partial charge in [0.25, 0.3) is 0 Å². The summed E-state index contributed by atoms with van der Waals surface area (Å²) in [4.78, 5) is 0. The summed E-state index contributed by atoms with van der Waals surface area (Å²) in [5.74, 6) is -3.56. The Bertz CT molecular complexity index is 95.6. The highest BCUT2D eigenvalue weighted by molar-refractivity contribution is 4.90. The molecule has 0 aromatic carbocycles. The standard InChI is InChI=1S/C3H3F2NO/c4-3(5,1-6)2-7/h7H,2H2. The van der Waals surface area contributed by atoms with E-state index in [2.05, 4.69) is 0 Å². The lowest BCUT2D eigenvalue weighted by Gasteiger charge is -1.97. The monoisotopic (exact) mass is 107 g/mol. The normalized spacial score (nSPS) is 10.6. The second-order valence-corrected chi connectivity index (χ2v) is 0.974. The molecular formula is C3H3F2NO. The van der Waals surface area contributed by atoms with Crippen LogP contribution >= 0.6 is 0 Å². The smallest absolute Gasteiger partial charge is 0.354 e. The van der Waals surface area contributed by atoms with Gasteiger partial charge in [-0.25, -0.2) is 0 Å². The van der Waals surface area contributed by atoms with Crippen LogP contribution in [0.2, 0.25) is 0 Å². The summed E-state index contributed by atoms with van der Waals surface area (Å²) in [7, 11) is 0. The molecule has 0 aliphatic carbocycles. The first-order chi connectivity index (χ1) is 3.12. The van der Waals surface area contributed by atoms with Crippen molar-refractivity contribution in [1.82, 2.24) is 0 Å². The number of nitrogens with zero attached hydrogens (tertiary/aromatic N) is 1. The van der Waals surface area contributed by atoms with Gasteiger partial charge in [-0.1, -0.05) is 0 Å². The van der Waals surface area contributed by atoms with Gasteiger partial charge in [0.1, 0.15) is 12.7 Å². The summed E-state index contributed by atoms with van der Waals surface area (Å²) < 4.78 is 22.5. The Kier molecular flexibility index (Phi) is 1.66. The summed E-state index contributed by atoms with van der Waals surface area (Å²) >= 11 is 0. The molecule has 0 heterocycles. The zero-order valence-electron chi connectivity index (χ0n) is 3.36. The van der Waals surface area contributed by atoms with E-state index in [-0.39, 0.29) is 0 Å². The third kappa shape index (κ3) is 2.06. The van der Waals surface area contributed by atoms with Gasteiger partial charge in [0, 0.05) is 0 Å². The molecule has 0 aliphatic rings. The van der Waals surface area contributed by atoms with Gasteiger partial charge in [-0.2, -0.15) is 14.0 Å². The lowest BCUT2D eigenvalue weighted by molar-refractivity contribution is 0.00241. The first-order valence-electron chi connectivity index (χ1n) is 1.52. The Labute approximate surface area is 39.0 Å². The Morgan fingerprint density at radius 3 is 2.14 bits per heavy atom. The molecule has 0 rings (SSSR count). The van der Waals surface area contributed by atoms with Crippen molar-refractivity contribution in [2.24, 2.45) is 0 Å². The van der Waals surface area contributed by atoms with Crippen LogP contribution in [-0.2, 0) is 0 Å². The minimum atomic E-state index is -3.56. The molecule has 4 heteroatoms. The molecule has 0 radical (unpaired) electrons. The number of aliphatic hydroxyl groups excluding tert-OH is 1. The maximum absolute atomic E-state index is 11.3. The number of alkyl halides is 2. The molecule has 0 aromatic rings. The van der Waals surface area contributed by atoms with E-state index < -0.39 is 12.5 Å². The van der Waals surface area contributed by atoms with Crippen LogP contribution in [0.5, 0.6) is 0 Å². The van der Waals surface area contributed by atoms with E-state index in [0.29, 0.717) is 6.07 Å². The average molecular weight is 107 g/mol. The van der Waals surface area contributed by atoms with Gasteiger partial charge in [0.2, 0.25) is 0 Å². The van der Waals surface area contributed by atoms with Crippen LogP contribution in [0.3, 0.4) is 0 Å². The fraction of sp³-hybridized carbons (Fsp3) is 0.667. The number of hydrogen-bond acceptors (Lipinski definition) is 2. The van der Waals surface area contributed by atoms with Gasteiger partial charge in [-0.05, 0) is 0 Å². The van der Waals surface area contributed by atoms with E-state index >= 15 is 0 Å². The Balaban J connectivity index is 3.66. The van der Waals surface area contributed by atoms with Crippen LogP contribution in [0.4, 0.5) is 8.78 Å². The fourth-order valence-electron chi connectivity index (χ4n) is 0.0354. The predicted octanol–water partition coefficient (Wildman–Crippen LogP) is 0.138. The second kappa shape index (κ2) is 1.85. The van der Waals surface area contributed by atoms with Crippen molar-refractivity contribution in [2.45, 2.75) is 5.92 Å². The van der Waals surface area contributed by atoms with Crippen LogP contribution in [0.15, 0.2) is 0 Å². The maximum atomic E-state index is 11.3. The van der Waals surface area contributed by atoms with Gasteiger partial charge >= 0.3 is 5.92 Å². The minimum absolute atomic E-state index is 0.608. The van der Waals surface area contributed by atoms with Crippen LogP contribution < -0.4 is 0 Å². The molecular weight excluding hydrogens is 104 g/mol. The largest absolute Gasteiger partial charge is 0.389 e. The van der Waals surface area contributed by atoms with E-state index in [4.69, 9.17) is 10.4 Å². The first kappa shape index (κ1) is 6.31. The predicted molar refractivity (Wildman–Crippen MR) is 17.6 cm³/mol. The molecule has 40 valence electrons. The van der Waals surface area contributed by atoms with Gasteiger partial charge in [0.05, 0.1) is 0 Å². The highest BCUT2D eigenvalue weighted by atomic mass is 19.3. The van der Waals surface area contributed by atoms with Gasteiger partial charge < -0.3 is 5.11 Å². The van der Waals surface area contributed by atoms with Gasteiger partial charge in [0.15, 0.2) is 0 Å². The quantitative estimate of drug-likeness (QED) is 0.517. The second-order valence-electron chi connectivity index (χ2n) is 0.974. The fourth-order valence-corrected chi connectivity index (χ4v) is 0.0354. The van der Waals surface area contributed by atoms with E-state index in [1.807, 2.05) is 0 Å². The van der Waals surface area contributed by atoms with E-state index in [0.717, 1.165) is 0 Å². The van der Waals surface area contributed by atoms with Crippen LogP contribution in [0.1, 0.15) is 0 Å². The molecule has 0 amide bonds. The van der Waals surface area contributed by atoms with Crippen LogP contribution in [0, 0.1) is 11.3 Å². The van der Waals surface area contributed by atoms with E-state index in [1.165, 1.54) is 0 Å².